The highest BCUT2D eigenvalue weighted by Crippen LogP contribution is 2.22. The Labute approximate surface area is 125 Å². The minimum atomic E-state index is -1.01. The normalized spacial score (nSPS) is 12.6. The summed E-state index contributed by atoms with van der Waals surface area (Å²) in [6.45, 7) is 8.39. The lowest BCUT2D eigenvalue weighted by Crippen LogP contribution is -2.47. The topological polar surface area (TPSA) is 82.5 Å². The van der Waals surface area contributed by atoms with Crippen molar-refractivity contribution in [3.63, 3.8) is 0 Å². The van der Waals surface area contributed by atoms with E-state index in [4.69, 9.17) is 5.11 Å². The molecule has 1 unspecified atom stereocenters. The molecule has 0 aliphatic rings. The van der Waals surface area contributed by atoms with Gasteiger partial charge in [0.15, 0.2) is 0 Å². The average Bonchev–Trinajstić information content (AvgIpc) is 2.42. The number of hydrogen-bond donors (Lipinski definition) is 2. The Balaban J connectivity index is 2.65. The van der Waals surface area contributed by atoms with Gasteiger partial charge >= 0.3 is 12.0 Å². The first-order chi connectivity index (χ1) is 9.62. The van der Waals surface area contributed by atoms with E-state index in [1.165, 1.54) is 18.3 Å². The van der Waals surface area contributed by atoms with Gasteiger partial charge in [-0.1, -0.05) is 20.8 Å². The molecule has 6 heteroatoms. The minimum Gasteiger partial charge on any atom is -0.478 e. The van der Waals surface area contributed by atoms with Gasteiger partial charge in [-0.15, -0.1) is 0 Å². The number of amides is 2. The number of nitrogens with zero attached hydrogens (tertiary/aromatic N) is 2. The van der Waals surface area contributed by atoms with E-state index in [2.05, 4.69) is 31.1 Å². The first-order valence-electron chi connectivity index (χ1n) is 6.82. The Bertz CT molecular complexity index is 523. The predicted molar refractivity (Wildman–Crippen MR) is 80.1 cm³/mol. The molecular formula is C15H23N3O3. The zero-order valence-electron chi connectivity index (χ0n) is 13.2. The van der Waals surface area contributed by atoms with Gasteiger partial charge in [0.25, 0.3) is 0 Å². The van der Waals surface area contributed by atoms with Gasteiger partial charge in [-0.2, -0.15) is 0 Å². The summed E-state index contributed by atoms with van der Waals surface area (Å²) in [5.41, 5.74) is 0.652. The van der Waals surface area contributed by atoms with Gasteiger partial charge in [0.2, 0.25) is 0 Å². The molecule has 0 aromatic carbocycles. The van der Waals surface area contributed by atoms with Crippen molar-refractivity contribution >= 4 is 12.0 Å². The highest BCUT2D eigenvalue weighted by molar-refractivity contribution is 5.87. The smallest absolute Gasteiger partial charge is 0.335 e. The largest absolute Gasteiger partial charge is 0.478 e. The fraction of sp³-hybridized carbons (Fsp3) is 0.533. The standard InChI is InChI=1S/C15H23N3O3/c1-10(15(2,3)4)18(5)14(21)17-9-12-8-11(13(19)20)6-7-16-12/h6-8,10H,9H2,1-5H3,(H,17,21)(H,19,20). The fourth-order valence-electron chi connectivity index (χ4n) is 1.76. The van der Waals surface area contributed by atoms with Crippen molar-refractivity contribution in [2.75, 3.05) is 7.05 Å². The molecule has 116 valence electrons. The van der Waals surface area contributed by atoms with Crippen LogP contribution in [-0.2, 0) is 6.54 Å². The van der Waals surface area contributed by atoms with Crippen LogP contribution in [0.2, 0.25) is 0 Å². The van der Waals surface area contributed by atoms with E-state index in [-0.39, 0.29) is 29.6 Å². The summed E-state index contributed by atoms with van der Waals surface area (Å²) < 4.78 is 0. The van der Waals surface area contributed by atoms with Crippen LogP contribution in [0.5, 0.6) is 0 Å². The number of hydrogen-bond acceptors (Lipinski definition) is 3. The molecule has 0 fully saturated rings. The lowest BCUT2D eigenvalue weighted by Gasteiger charge is -2.35. The molecule has 0 radical (unpaired) electrons. The van der Waals surface area contributed by atoms with Crippen LogP contribution in [0, 0.1) is 5.41 Å². The quantitative estimate of drug-likeness (QED) is 0.892. The Hall–Kier alpha value is -2.11. The third-order valence-electron chi connectivity index (χ3n) is 3.64. The van der Waals surface area contributed by atoms with Gasteiger partial charge in [0, 0.05) is 19.3 Å². The third-order valence-corrected chi connectivity index (χ3v) is 3.64. The first-order valence-corrected chi connectivity index (χ1v) is 6.82. The number of rotatable bonds is 4. The number of carboxylic acids is 1. The summed E-state index contributed by atoms with van der Waals surface area (Å²) in [5.74, 6) is -1.01. The third kappa shape index (κ3) is 4.73. The molecule has 21 heavy (non-hydrogen) atoms. The zero-order valence-corrected chi connectivity index (χ0v) is 13.2. The van der Waals surface area contributed by atoms with Crippen LogP contribution in [0.4, 0.5) is 4.79 Å². The zero-order chi connectivity index (χ0) is 16.2. The van der Waals surface area contributed by atoms with E-state index in [9.17, 15) is 9.59 Å². The predicted octanol–water partition coefficient (Wildman–Crippen LogP) is 2.36. The van der Waals surface area contributed by atoms with Crippen molar-refractivity contribution in [2.45, 2.75) is 40.3 Å². The SMILES string of the molecule is CC(N(C)C(=O)NCc1cc(C(=O)O)ccn1)C(C)(C)C. The highest BCUT2D eigenvalue weighted by Gasteiger charge is 2.26. The van der Waals surface area contributed by atoms with Gasteiger partial charge < -0.3 is 15.3 Å². The number of nitrogens with one attached hydrogen (secondary N) is 1. The van der Waals surface area contributed by atoms with E-state index in [1.54, 1.807) is 11.9 Å². The highest BCUT2D eigenvalue weighted by atomic mass is 16.4. The van der Waals surface area contributed by atoms with Crippen LogP contribution < -0.4 is 5.32 Å². The molecule has 1 heterocycles. The summed E-state index contributed by atoms with van der Waals surface area (Å²) in [5, 5.41) is 11.7. The number of carbonyl (C=O) groups excluding carboxylic acids is 1. The number of carboxylic acid groups (broad SMARTS) is 1. The van der Waals surface area contributed by atoms with E-state index in [0.29, 0.717) is 5.69 Å². The van der Waals surface area contributed by atoms with Crippen molar-refractivity contribution in [1.29, 1.82) is 0 Å². The molecule has 0 aliphatic heterocycles. The molecule has 1 rings (SSSR count). The van der Waals surface area contributed by atoms with Crippen LogP contribution in [0.25, 0.3) is 0 Å². The maximum absolute atomic E-state index is 12.1. The molecule has 0 saturated carbocycles. The summed E-state index contributed by atoms with van der Waals surface area (Å²) in [6.07, 6.45) is 1.42. The van der Waals surface area contributed by atoms with E-state index in [0.717, 1.165) is 0 Å². The van der Waals surface area contributed by atoms with Crippen molar-refractivity contribution in [1.82, 2.24) is 15.2 Å². The van der Waals surface area contributed by atoms with Gasteiger partial charge in [-0.05, 0) is 24.5 Å². The molecule has 0 spiro atoms. The van der Waals surface area contributed by atoms with Crippen LogP contribution in [-0.4, -0.2) is 40.1 Å². The Morgan fingerprint density at radius 1 is 1.43 bits per heavy atom. The Kier molecular flexibility index (Phi) is 5.29. The number of carbonyl (C=O) groups is 2. The van der Waals surface area contributed by atoms with Crippen molar-refractivity contribution in [3.05, 3.63) is 29.6 Å². The molecule has 0 aliphatic carbocycles. The molecule has 2 N–H and O–H groups in total. The molecule has 1 atom stereocenters. The van der Waals surface area contributed by atoms with E-state index < -0.39 is 5.97 Å². The Morgan fingerprint density at radius 3 is 2.57 bits per heavy atom. The average molecular weight is 293 g/mol. The van der Waals surface area contributed by atoms with Gasteiger partial charge in [0.1, 0.15) is 0 Å². The summed E-state index contributed by atoms with van der Waals surface area (Å²) in [4.78, 5) is 28.7. The Morgan fingerprint density at radius 2 is 2.05 bits per heavy atom. The lowest BCUT2D eigenvalue weighted by atomic mass is 9.87. The van der Waals surface area contributed by atoms with Crippen LogP contribution in [0.1, 0.15) is 43.7 Å². The summed E-state index contributed by atoms with van der Waals surface area (Å²) >= 11 is 0. The first kappa shape index (κ1) is 16.9. The second-order valence-electron chi connectivity index (χ2n) is 6.15. The summed E-state index contributed by atoms with van der Waals surface area (Å²) in [6, 6.07) is 2.73. The maximum atomic E-state index is 12.1. The van der Waals surface area contributed by atoms with Crippen LogP contribution >= 0.6 is 0 Å². The number of urea groups is 1. The fourth-order valence-corrected chi connectivity index (χ4v) is 1.76. The monoisotopic (exact) mass is 293 g/mol. The van der Waals surface area contributed by atoms with E-state index >= 15 is 0 Å². The molecular weight excluding hydrogens is 270 g/mol. The van der Waals surface area contributed by atoms with E-state index in [1.807, 2.05) is 6.92 Å². The summed E-state index contributed by atoms with van der Waals surface area (Å²) in [7, 11) is 1.74. The molecule has 0 saturated heterocycles. The molecule has 0 bridgehead atoms. The minimum absolute atomic E-state index is 0.0203. The number of aromatic nitrogens is 1. The van der Waals surface area contributed by atoms with Crippen molar-refractivity contribution in [3.8, 4) is 0 Å². The molecule has 1 aromatic rings. The number of pyridine rings is 1. The van der Waals surface area contributed by atoms with Crippen LogP contribution in [0.3, 0.4) is 0 Å². The second kappa shape index (κ2) is 6.56. The van der Waals surface area contributed by atoms with Gasteiger partial charge in [-0.25, -0.2) is 9.59 Å². The van der Waals surface area contributed by atoms with Crippen molar-refractivity contribution < 1.29 is 14.7 Å². The lowest BCUT2D eigenvalue weighted by molar-refractivity contribution is 0.0696. The second-order valence-corrected chi connectivity index (χ2v) is 6.15. The number of aromatic carboxylic acids is 1. The molecule has 2 amide bonds. The maximum Gasteiger partial charge on any atom is 0.335 e. The van der Waals surface area contributed by atoms with Crippen LogP contribution in [0.15, 0.2) is 18.3 Å². The van der Waals surface area contributed by atoms with Crippen molar-refractivity contribution in [2.24, 2.45) is 5.41 Å². The van der Waals surface area contributed by atoms with Gasteiger partial charge in [0.05, 0.1) is 17.8 Å². The molecule has 1 aromatic heterocycles. The van der Waals surface area contributed by atoms with Gasteiger partial charge in [-0.3, -0.25) is 4.98 Å². The molecule has 6 nitrogen and oxygen atoms in total.